The number of aryl methyl sites for hydroxylation is 2. The minimum absolute atomic E-state index is 0.196. The normalized spacial score (nSPS) is 21.6. The molecule has 126 valence electrons. The van der Waals surface area contributed by atoms with Gasteiger partial charge in [0.05, 0.1) is 12.2 Å². The van der Waals surface area contributed by atoms with E-state index in [-0.39, 0.29) is 12.2 Å². The Balaban J connectivity index is 1.83. The lowest BCUT2D eigenvalue weighted by molar-refractivity contribution is -0.00557. The fourth-order valence-corrected chi connectivity index (χ4v) is 3.39. The average Bonchev–Trinajstić information content (AvgIpc) is 3.10. The zero-order valence-corrected chi connectivity index (χ0v) is 14.5. The van der Waals surface area contributed by atoms with E-state index >= 15 is 0 Å². The lowest BCUT2D eigenvalue weighted by atomic mass is 10.2. The Labute approximate surface area is 140 Å². The second-order valence-corrected chi connectivity index (χ2v) is 6.58. The standard InChI is InChI=1S/C17H22N6O/c1-11-7-16(22-9-12(2)24-13(3)10-22)23-15(19-11)8-14(20-23)17-18-5-6-21(17)4/h5-8,12-13H,9-10H2,1-4H3/t12-,13+. The van der Waals surface area contributed by atoms with Crippen LogP contribution in [0.1, 0.15) is 19.5 Å². The number of rotatable bonds is 2. The minimum Gasteiger partial charge on any atom is -0.372 e. The molecule has 0 spiro atoms. The quantitative estimate of drug-likeness (QED) is 0.721. The van der Waals surface area contributed by atoms with Gasteiger partial charge in [-0.25, -0.2) is 9.97 Å². The molecule has 7 nitrogen and oxygen atoms in total. The number of anilines is 1. The summed E-state index contributed by atoms with van der Waals surface area (Å²) >= 11 is 0. The van der Waals surface area contributed by atoms with Crippen LogP contribution in [0.25, 0.3) is 17.2 Å². The Kier molecular flexibility index (Phi) is 3.53. The molecule has 0 amide bonds. The predicted octanol–water partition coefficient (Wildman–Crippen LogP) is 2.05. The topological polar surface area (TPSA) is 60.5 Å². The van der Waals surface area contributed by atoms with E-state index in [4.69, 9.17) is 9.84 Å². The largest absolute Gasteiger partial charge is 0.372 e. The second kappa shape index (κ2) is 5.59. The monoisotopic (exact) mass is 326 g/mol. The van der Waals surface area contributed by atoms with Crippen LogP contribution in [-0.4, -0.2) is 49.4 Å². The van der Waals surface area contributed by atoms with Gasteiger partial charge in [-0.2, -0.15) is 9.61 Å². The lowest BCUT2D eigenvalue weighted by Crippen LogP contribution is -2.46. The molecule has 3 aromatic heterocycles. The maximum atomic E-state index is 5.86. The number of hydrogen-bond donors (Lipinski definition) is 0. The van der Waals surface area contributed by atoms with Crippen molar-refractivity contribution >= 4 is 11.5 Å². The van der Waals surface area contributed by atoms with Crippen molar-refractivity contribution in [3.8, 4) is 11.5 Å². The first-order chi connectivity index (χ1) is 11.5. The molecular weight excluding hydrogens is 304 g/mol. The van der Waals surface area contributed by atoms with Gasteiger partial charge >= 0.3 is 0 Å². The van der Waals surface area contributed by atoms with Gasteiger partial charge in [0.25, 0.3) is 0 Å². The number of morpholine rings is 1. The zero-order valence-electron chi connectivity index (χ0n) is 14.5. The Morgan fingerprint density at radius 2 is 1.92 bits per heavy atom. The molecule has 4 rings (SSSR count). The number of nitrogens with zero attached hydrogens (tertiary/aromatic N) is 6. The van der Waals surface area contributed by atoms with Crippen molar-refractivity contribution in [1.29, 1.82) is 0 Å². The molecule has 0 aliphatic carbocycles. The van der Waals surface area contributed by atoms with Crippen LogP contribution in [0.2, 0.25) is 0 Å². The average molecular weight is 326 g/mol. The van der Waals surface area contributed by atoms with E-state index < -0.39 is 0 Å². The number of hydrogen-bond acceptors (Lipinski definition) is 5. The van der Waals surface area contributed by atoms with Crippen LogP contribution in [0.5, 0.6) is 0 Å². The fourth-order valence-electron chi connectivity index (χ4n) is 3.39. The highest BCUT2D eigenvalue weighted by Crippen LogP contribution is 2.25. The Morgan fingerprint density at radius 1 is 1.17 bits per heavy atom. The Hall–Kier alpha value is -2.41. The van der Waals surface area contributed by atoms with Crippen LogP contribution in [0.3, 0.4) is 0 Å². The van der Waals surface area contributed by atoms with Crippen molar-refractivity contribution in [3.05, 3.63) is 30.2 Å². The van der Waals surface area contributed by atoms with E-state index in [1.54, 1.807) is 6.20 Å². The predicted molar refractivity (Wildman–Crippen MR) is 92.1 cm³/mol. The van der Waals surface area contributed by atoms with E-state index in [0.717, 1.165) is 41.8 Å². The summed E-state index contributed by atoms with van der Waals surface area (Å²) in [4.78, 5) is 11.4. The first kappa shape index (κ1) is 15.1. The van der Waals surface area contributed by atoms with Gasteiger partial charge in [-0.1, -0.05) is 0 Å². The molecule has 3 aromatic rings. The van der Waals surface area contributed by atoms with Crippen LogP contribution in [0.4, 0.5) is 5.82 Å². The van der Waals surface area contributed by atoms with E-state index in [9.17, 15) is 0 Å². The van der Waals surface area contributed by atoms with Gasteiger partial charge in [0.1, 0.15) is 11.5 Å². The summed E-state index contributed by atoms with van der Waals surface area (Å²) in [7, 11) is 1.97. The summed E-state index contributed by atoms with van der Waals surface area (Å²) in [6, 6.07) is 4.08. The van der Waals surface area contributed by atoms with E-state index in [0.29, 0.717) is 0 Å². The van der Waals surface area contributed by atoms with Crippen LogP contribution in [0, 0.1) is 6.92 Å². The molecule has 0 aromatic carbocycles. The number of fused-ring (bicyclic) bond motifs is 1. The summed E-state index contributed by atoms with van der Waals surface area (Å²) in [5.41, 5.74) is 2.65. The van der Waals surface area contributed by atoms with Crippen LogP contribution >= 0.6 is 0 Å². The fraction of sp³-hybridized carbons (Fsp3) is 0.471. The van der Waals surface area contributed by atoms with Crippen LogP contribution in [0.15, 0.2) is 24.5 Å². The van der Waals surface area contributed by atoms with Gasteiger partial charge < -0.3 is 14.2 Å². The highest BCUT2D eigenvalue weighted by molar-refractivity contribution is 5.61. The highest BCUT2D eigenvalue weighted by atomic mass is 16.5. The van der Waals surface area contributed by atoms with Gasteiger partial charge in [0, 0.05) is 50.4 Å². The Morgan fingerprint density at radius 3 is 2.58 bits per heavy atom. The summed E-state index contributed by atoms with van der Waals surface area (Å²) in [6.45, 7) is 7.93. The van der Waals surface area contributed by atoms with Gasteiger partial charge in [0.2, 0.25) is 0 Å². The third-order valence-electron chi connectivity index (χ3n) is 4.33. The molecule has 1 aliphatic rings. The molecule has 1 saturated heterocycles. The molecule has 0 saturated carbocycles. The van der Waals surface area contributed by atoms with Crippen molar-refractivity contribution < 1.29 is 4.74 Å². The molecule has 0 bridgehead atoms. The highest BCUT2D eigenvalue weighted by Gasteiger charge is 2.25. The van der Waals surface area contributed by atoms with Gasteiger partial charge in [0.15, 0.2) is 11.5 Å². The molecule has 0 unspecified atom stereocenters. The molecule has 1 aliphatic heterocycles. The molecule has 2 atom stereocenters. The summed E-state index contributed by atoms with van der Waals surface area (Å²) in [6.07, 6.45) is 4.10. The first-order valence-corrected chi connectivity index (χ1v) is 8.27. The summed E-state index contributed by atoms with van der Waals surface area (Å²) in [5.74, 6) is 1.90. The van der Waals surface area contributed by atoms with Crippen molar-refractivity contribution in [3.63, 3.8) is 0 Å². The smallest absolute Gasteiger partial charge is 0.160 e. The van der Waals surface area contributed by atoms with Crippen molar-refractivity contribution in [2.24, 2.45) is 7.05 Å². The van der Waals surface area contributed by atoms with Gasteiger partial charge in [-0.05, 0) is 20.8 Å². The molecule has 4 heterocycles. The van der Waals surface area contributed by atoms with E-state index in [1.165, 1.54) is 0 Å². The number of ether oxygens (including phenoxy) is 1. The molecule has 0 N–H and O–H groups in total. The lowest BCUT2D eigenvalue weighted by Gasteiger charge is -2.36. The minimum atomic E-state index is 0.196. The van der Waals surface area contributed by atoms with E-state index in [1.807, 2.05) is 35.3 Å². The second-order valence-electron chi connectivity index (χ2n) is 6.58. The summed E-state index contributed by atoms with van der Waals surface area (Å²) < 4.78 is 9.74. The van der Waals surface area contributed by atoms with Crippen LogP contribution in [-0.2, 0) is 11.8 Å². The molecule has 7 heteroatoms. The maximum Gasteiger partial charge on any atom is 0.160 e. The number of aromatic nitrogens is 5. The van der Waals surface area contributed by atoms with Crippen LogP contribution < -0.4 is 4.90 Å². The molecular formula is C17H22N6O. The molecule has 1 fully saturated rings. The molecule has 24 heavy (non-hydrogen) atoms. The van der Waals surface area contributed by atoms with E-state index in [2.05, 4.69) is 34.8 Å². The van der Waals surface area contributed by atoms with Gasteiger partial charge in [-0.15, -0.1) is 0 Å². The third-order valence-corrected chi connectivity index (χ3v) is 4.33. The first-order valence-electron chi connectivity index (χ1n) is 8.27. The van der Waals surface area contributed by atoms with Crippen molar-refractivity contribution in [2.45, 2.75) is 33.0 Å². The van der Waals surface area contributed by atoms with Gasteiger partial charge in [-0.3, -0.25) is 0 Å². The number of imidazole rings is 1. The SMILES string of the molecule is Cc1cc(N2C[C@@H](C)O[C@@H](C)C2)n2nc(-c3nccn3C)cc2n1. The van der Waals surface area contributed by atoms with Crippen molar-refractivity contribution in [1.82, 2.24) is 24.1 Å². The zero-order chi connectivity index (χ0) is 16.8. The third kappa shape index (κ3) is 2.54. The Bertz CT molecular complexity index is 872. The molecule has 0 radical (unpaired) electrons. The maximum absolute atomic E-state index is 5.86. The van der Waals surface area contributed by atoms with Crippen molar-refractivity contribution in [2.75, 3.05) is 18.0 Å². The summed E-state index contributed by atoms with van der Waals surface area (Å²) in [5, 5.41) is 4.77.